The molecule has 4 nitrogen and oxygen atoms in total. The van der Waals surface area contributed by atoms with Crippen molar-refractivity contribution in [2.45, 2.75) is 33.6 Å². The summed E-state index contributed by atoms with van der Waals surface area (Å²) in [6.45, 7) is 8.58. The van der Waals surface area contributed by atoms with Crippen molar-refractivity contribution in [1.82, 2.24) is 5.32 Å². The first kappa shape index (κ1) is 16.5. The quantitative estimate of drug-likeness (QED) is 0.557. The highest BCUT2D eigenvalue weighted by atomic mass is 16.5. The molecule has 1 aromatic rings. The summed E-state index contributed by atoms with van der Waals surface area (Å²) in [6.07, 6.45) is 1.26. The standard InChI is InChI=1S/C16H25NO3/c1-4-19-16(18)6-5-9-17-10-11-20-15-12-13(2)7-8-14(15)3/h7-8,12,17H,4-6,9-11H2,1-3H3. The van der Waals surface area contributed by atoms with E-state index in [-0.39, 0.29) is 5.97 Å². The molecule has 0 radical (unpaired) electrons. The molecular formula is C16H25NO3. The molecule has 112 valence electrons. The third-order valence-corrected chi connectivity index (χ3v) is 2.92. The topological polar surface area (TPSA) is 47.6 Å². The van der Waals surface area contributed by atoms with Crippen LogP contribution in [0, 0.1) is 13.8 Å². The molecule has 0 aliphatic rings. The van der Waals surface area contributed by atoms with Crippen molar-refractivity contribution >= 4 is 5.97 Å². The van der Waals surface area contributed by atoms with Gasteiger partial charge in [0, 0.05) is 13.0 Å². The Balaban J connectivity index is 2.07. The third-order valence-electron chi connectivity index (χ3n) is 2.92. The highest BCUT2D eigenvalue weighted by Gasteiger charge is 2.01. The monoisotopic (exact) mass is 279 g/mol. The smallest absolute Gasteiger partial charge is 0.305 e. The van der Waals surface area contributed by atoms with Crippen molar-refractivity contribution < 1.29 is 14.3 Å². The van der Waals surface area contributed by atoms with Gasteiger partial charge in [0.15, 0.2) is 0 Å². The van der Waals surface area contributed by atoms with Crippen molar-refractivity contribution in [1.29, 1.82) is 0 Å². The van der Waals surface area contributed by atoms with Crippen LogP contribution in [0.25, 0.3) is 0 Å². The number of ether oxygens (including phenoxy) is 2. The molecule has 0 atom stereocenters. The molecule has 0 heterocycles. The van der Waals surface area contributed by atoms with Crippen LogP contribution in [0.3, 0.4) is 0 Å². The summed E-state index contributed by atoms with van der Waals surface area (Å²) in [7, 11) is 0. The van der Waals surface area contributed by atoms with E-state index in [1.165, 1.54) is 5.56 Å². The molecule has 20 heavy (non-hydrogen) atoms. The molecule has 0 aromatic heterocycles. The van der Waals surface area contributed by atoms with Gasteiger partial charge in [-0.05, 0) is 50.9 Å². The minimum Gasteiger partial charge on any atom is -0.492 e. The van der Waals surface area contributed by atoms with Crippen LogP contribution in [0.2, 0.25) is 0 Å². The summed E-state index contributed by atoms with van der Waals surface area (Å²) in [6, 6.07) is 6.20. The van der Waals surface area contributed by atoms with Gasteiger partial charge in [0.25, 0.3) is 0 Å². The number of carbonyl (C=O) groups is 1. The zero-order chi connectivity index (χ0) is 14.8. The average molecular weight is 279 g/mol. The fraction of sp³-hybridized carbons (Fsp3) is 0.562. The summed E-state index contributed by atoms with van der Waals surface area (Å²) in [4.78, 5) is 11.1. The summed E-state index contributed by atoms with van der Waals surface area (Å²) >= 11 is 0. The van der Waals surface area contributed by atoms with E-state index < -0.39 is 0 Å². The molecule has 4 heteroatoms. The molecule has 0 saturated carbocycles. The summed E-state index contributed by atoms with van der Waals surface area (Å²) < 4.78 is 10.6. The minimum atomic E-state index is -0.124. The van der Waals surface area contributed by atoms with Gasteiger partial charge in [-0.15, -0.1) is 0 Å². The molecule has 1 rings (SSSR count). The molecule has 0 spiro atoms. The van der Waals surface area contributed by atoms with Gasteiger partial charge in [-0.1, -0.05) is 12.1 Å². The molecule has 1 aromatic carbocycles. The number of hydrogen-bond donors (Lipinski definition) is 1. The molecule has 0 aliphatic carbocycles. The van der Waals surface area contributed by atoms with Gasteiger partial charge in [-0.25, -0.2) is 0 Å². The number of aryl methyl sites for hydroxylation is 2. The van der Waals surface area contributed by atoms with Gasteiger partial charge in [0.1, 0.15) is 12.4 Å². The van der Waals surface area contributed by atoms with E-state index in [0.29, 0.717) is 19.6 Å². The Hall–Kier alpha value is -1.55. The summed E-state index contributed by atoms with van der Waals surface area (Å²) in [5.74, 6) is 0.819. The lowest BCUT2D eigenvalue weighted by Gasteiger charge is -2.10. The van der Waals surface area contributed by atoms with Crippen LogP contribution in [-0.2, 0) is 9.53 Å². The summed E-state index contributed by atoms with van der Waals surface area (Å²) in [5.41, 5.74) is 2.35. The van der Waals surface area contributed by atoms with Crippen molar-refractivity contribution in [3.8, 4) is 5.75 Å². The zero-order valence-corrected chi connectivity index (χ0v) is 12.7. The fourth-order valence-electron chi connectivity index (χ4n) is 1.81. The normalized spacial score (nSPS) is 10.3. The lowest BCUT2D eigenvalue weighted by Crippen LogP contribution is -2.23. The fourth-order valence-corrected chi connectivity index (χ4v) is 1.81. The maximum atomic E-state index is 11.1. The molecular weight excluding hydrogens is 254 g/mol. The first-order valence-electron chi connectivity index (χ1n) is 7.20. The minimum absolute atomic E-state index is 0.124. The van der Waals surface area contributed by atoms with Crippen LogP contribution in [0.5, 0.6) is 5.75 Å². The SMILES string of the molecule is CCOC(=O)CCCNCCOc1cc(C)ccc1C. The van der Waals surface area contributed by atoms with Gasteiger partial charge in [-0.3, -0.25) is 4.79 Å². The van der Waals surface area contributed by atoms with Gasteiger partial charge in [0.2, 0.25) is 0 Å². The largest absolute Gasteiger partial charge is 0.492 e. The van der Waals surface area contributed by atoms with Crippen LogP contribution in [0.4, 0.5) is 0 Å². The van der Waals surface area contributed by atoms with Crippen LogP contribution in [0.1, 0.15) is 30.9 Å². The van der Waals surface area contributed by atoms with Crippen LogP contribution in [-0.4, -0.2) is 32.3 Å². The number of benzene rings is 1. The zero-order valence-electron chi connectivity index (χ0n) is 12.7. The Morgan fingerprint density at radius 1 is 1.25 bits per heavy atom. The number of carbonyl (C=O) groups excluding carboxylic acids is 1. The lowest BCUT2D eigenvalue weighted by atomic mass is 10.1. The van der Waals surface area contributed by atoms with E-state index in [4.69, 9.17) is 9.47 Å². The maximum Gasteiger partial charge on any atom is 0.305 e. The first-order valence-corrected chi connectivity index (χ1v) is 7.20. The Morgan fingerprint density at radius 2 is 2.05 bits per heavy atom. The molecule has 1 N–H and O–H groups in total. The summed E-state index contributed by atoms with van der Waals surface area (Å²) in [5, 5.41) is 3.25. The van der Waals surface area contributed by atoms with E-state index in [1.807, 2.05) is 13.8 Å². The second-order valence-corrected chi connectivity index (χ2v) is 4.78. The Morgan fingerprint density at radius 3 is 2.80 bits per heavy atom. The highest BCUT2D eigenvalue weighted by molar-refractivity contribution is 5.69. The van der Waals surface area contributed by atoms with Crippen molar-refractivity contribution in [3.63, 3.8) is 0 Å². The number of hydrogen-bond acceptors (Lipinski definition) is 4. The second-order valence-electron chi connectivity index (χ2n) is 4.78. The van der Waals surface area contributed by atoms with E-state index in [2.05, 4.69) is 30.4 Å². The van der Waals surface area contributed by atoms with Crippen LogP contribution < -0.4 is 10.1 Å². The Labute approximate surface area is 121 Å². The Kier molecular flexibility index (Phi) is 7.73. The molecule has 0 unspecified atom stereocenters. The number of esters is 1. The molecule has 0 fully saturated rings. The lowest BCUT2D eigenvalue weighted by molar-refractivity contribution is -0.143. The Bertz CT molecular complexity index is 418. The van der Waals surface area contributed by atoms with Crippen molar-refractivity contribution in [2.24, 2.45) is 0 Å². The van der Waals surface area contributed by atoms with Gasteiger partial charge >= 0.3 is 5.97 Å². The average Bonchev–Trinajstić information content (AvgIpc) is 2.41. The van der Waals surface area contributed by atoms with E-state index in [1.54, 1.807) is 0 Å². The van der Waals surface area contributed by atoms with Gasteiger partial charge in [-0.2, -0.15) is 0 Å². The number of rotatable bonds is 9. The molecule has 0 saturated heterocycles. The van der Waals surface area contributed by atoms with Crippen LogP contribution in [0.15, 0.2) is 18.2 Å². The highest BCUT2D eigenvalue weighted by Crippen LogP contribution is 2.18. The van der Waals surface area contributed by atoms with E-state index in [0.717, 1.165) is 30.8 Å². The molecule has 0 bridgehead atoms. The molecule has 0 amide bonds. The van der Waals surface area contributed by atoms with Crippen molar-refractivity contribution in [3.05, 3.63) is 29.3 Å². The number of nitrogens with one attached hydrogen (secondary N) is 1. The first-order chi connectivity index (χ1) is 9.63. The van der Waals surface area contributed by atoms with Gasteiger partial charge in [0.05, 0.1) is 6.61 Å². The van der Waals surface area contributed by atoms with Crippen LogP contribution >= 0.6 is 0 Å². The maximum absolute atomic E-state index is 11.1. The predicted molar refractivity (Wildman–Crippen MR) is 80.1 cm³/mol. The second kappa shape index (κ2) is 9.37. The molecule has 0 aliphatic heterocycles. The predicted octanol–water partition coefficient (Wildman–Crippen LogP) is 2.62. The van der Waals surface area contributed by atoms with E-state index in [9.17, 15) is 4.79 Å². The van der Waals surface area contributed by atoms with Gasteiger partial charge < -0.3 is 14.8 Å². The van der Waals surface area contributed by atoms with E-state index >= 15 is 0 Å². The van der Waals surface area contributed by atoms with Crippen molar-refractivity contribution in [2.75, 3.05) is 26.3 Å². The third kappa shape index (κ3) is 6.57.